The van der Waals surface area contributed by atoms with Gasteiger partial charge in [-0.05, 0) is 37.5 Å². The maximum absolute atomic E-state index is 12.5. The maximum Gasteiger partial charge on any atom is 0.235 e. The van der Waals surface area contributed by atoms with Gasteiger partial charge in [0.25, 0.3) is 0 Å². The van der Waals surface area contributed by atoms with Crippen LogP contribution >= 0.6 is 27.7 Å². The van der Waals surface area contributed by atoms with E-state index in [1.807, 2.05) is 29.1 Å². The van der Waals surface area contributed by atoms with E-state index in [2.05, 4.69) is 55.0 Å². The van der Waals surface area contributed by atoms with Crippen molar-refractivity contribution in [3.63, 3.8) is 0 Å². The van der Waals surface area contributed by atoms with E-state index < -0.39 is 0 Å². The number of rotatable bonds is 7. The van der Waals surface area contributed by atoms with E-state index in [4.69, 9.17) is 0 Å². The predicted molar refractivity (Wildman–Crippen MR) is 120 cm³/mol. The zero-order valence-corrected chi connectivity index (χ0v) is 18.7. The number of thioether (sulfide) groups is 1. The van der Waals surface area contributed by atoms with Gasteiger partial charge in [0.1, 0.15) is 5.82 Å². The monoisotopic (exact) mass is 473 g/mol. The number of anilines is 1. The lowest BCUT2D eigenvalue weighted by Gasteiger charge is -2.14. The van der Waals surface area contributed by atoms with Gasteiger partial charge in [-0.1, -0.05) is 52.7 Å². The summed E-state index contributed by atoms with van der Waals surface area (Å²) >= 11 is 4.93. The smallest absolute Gasteiger partial charge is 0.235 e. The number of nitrogens with zero attached hydrogens (tertiary/aromatic N) is 4. The van der Waals surface area contributed by atoms with Crippen LogP contribution in [-0.4, -0.2) is 31.0 Å². The summed E-state index contributed by atoms with van der Waals surface area (Å²) in [4.78, 5) is 17.1. The number of carbonyl (C=O) groups is 1. The molecular formula is C21H24BrN5OS. The zero-order chi connectivity index (χ0) is 20.2. The molecule has 0 aliphatic heterocycles. The molecule has 0 saturated heterocycles. The molecule has 1 amide bonds. The summed E-state index contributed by atoms with van der Waals surface area (Å²) in [5.74, 6) is 1.06. The first-order valence-corrected chi connectivity index (χ1v) is 11.7. The second kappa shape index (κ2) is 9.17. The van der Waals surface area contributed by atoms with Crippen LogP contribution in [-0.2, 0) is 11.3 Å². The van der Waals surface area contributed by atoms with Crippen molar-refractivity contribution < 1.29 is 4.79 Å². The molecule has 1 aromatic carbocycles. The zero-order valence-electron chi connectivity index (χ0n) is 16.3. The van der Waals surface area contributed by atoms with Crippen molar-refractivity contribution in [2.75, 3.05) is 11.1 Å². The highest BCUT2D eigenvalue weighted by Crippen LogP contribution is 2.31. The molecule has 0 radical (unpaired) electrons. The molecule has 0 atom stereocenters. The molecule has 0 spiro atoms. The van der Waals surface area contributed by atoms with E-state index in [0.717, 1.165) is 46.1 Å². The van der Waals surface area contributed by atoms with Crippen LogP contribution in [0.5, 0.6) is 0 Å². The van der Waals surface area contributed by atoms with Gasteiger partial charge in [0.05, 0.1) is 29.9 Å². The minimum atomic E-state index is -0.0365. The average Bonchev–Trinajstić information content (AvgIpc) is 3.47. The van der Waals surface area contributed by atoms with Crippen molar-refractivity contribution in [3.8, 4) is 11.3 Å². The Labute approximate surface area is 183 Å². The summed E-state index contributed by atoms with van der Waals surface area (Å²) in [7, 11) is 0. The van der Waals surface area contributed by atoms with Gasteiger partial charge in [-0.25, -0.2) is 9.67 Å². The third-order valence-electron chi connectivity index (χ3n) is 5.22. The molecule has 1 aliphatic carbocycles. The molecule has 4 rings (SSSR count). The van der Waals surface area contributed by atoms with Crippen LogP contribution in [0.25, 0.3) is 11.3 Å². The van der Waals surface area contributed by atoms with Gasteiger partial charge < -0.3 is 9.88 Å². The highest BCUT2D eigenvalue weighted by atomic mass is 79.9. The van der Waals surface area contributed by atoms with E-state index in [1.165, 1.54) is 24.6 Å². The number of imidazole rings is 1. The van der Waals surface area contributed by atoms with Crippen molar-refractivity contribution in [2.45, 2.75) is 50.4 Å². The van der Waals surface area contributed by atoms with Crippen LogP contribution in [0.3, 0.4) is 0 Å². The summed E-state index contributed by atoms with van der Waals surface area (Å²) in [6, 6.07) is 10.5. The summed E-state index contributed by atoms with van der Waals surface area (Å²) in [6.45, 7) is 2.89. The fraction of sp³-hybridized carbons (Fsp3) is 0.381. The first kappa shape index (κ1) is 20.2. The van der Waals surface area contributed by atoms with Crippen LogP contribution in [0.4, 0.5) is 5.82 Å². The SMILES string of the molecule is CCn1c(-c2ccc(Br)cc2)cnc1SCC(=O)Nc1ccnn1C1CCCC1. The molecule has 152 valence electrons. The van der Waals surface area contributed by atoms with Crippen molar-refractivity contribution in [1.82, 2.24) is 19.3 Å². The molecule has 6 nitrogen and oxygen atoms in total. The lowest BCUT2D eigenvalue weighted by Crippen LogP contribution is -2.19. The van der Waals surface area contributed by atoms with E-state index in [0.29, 0.717) is 11.8 Å². The summed E-state index contributed by atoms with van der Waals surface area (Å²) in [5, 5.41) is 8.29. The lowest BCUT2D eigenvalue weighted by atomic mass is 10.2. The van der Waals surface area contributed by atoms with Gasteiger partial charge in [-0.15, -0.1) is 0 Å². The molecule has 1 aliphatic rings. The van der Waals surface area contributed by atoms with Crippen LogP contribution in [0.15, 0.2) is 52.4 Å². The Morgan fingerprint density at radius 2 is 2.00 bits per heavy atom. The van der Waals surface area contributed by atoms with E-state index >= 15 is 0 Å². The van der Waals surface area contributed by atoms with Crippen LogP contribution < -0.4 is 5.32 Å². The molecule has 0 bridgehead atoms. The fourth-order valence-electron chi connectivity index (χ4n) is 3.79. The molecule has 0 unspecified atom stereocenters. The number of hydrogen-bond acceptors (Lipinski definition) is 4. The van der Waals surface area contributed by atoms with Crippen molar-refractivity contribution in [2.24, 2.45) is 0 Å². The first-order chi connectivity index (χ1) is 14.2. The predicted octanol–water partition coefficient (Wildman–Crippen LogP) is 5.37. The summed E-state index contributed by atoms with van der Waals surface area (Å²) < 4.78 is 5.16. The summed E-state index contributed by atoms with van der Waals surface area (Å²) in [5.41, 5.74) is 2.17. The molecule has 1 saturated carbocycles. The molecule has 2 aromatic heterocycles. The number of amides is 1. The minimum Gasteiger partial charge on any atom is -0.319 e. The highest BCUT2D eigenvalue weighted by Gasteiger charge is 2.21. The quantitative estimate of drug-likeness (QED) is 0.468. The van der Waals surface area contributed by atoms with Crippen molar-refractivity contribution >= 4 is 39.4 Å². The van der Waals surface area contributed by atoms with Crippen molar-refractivity contribution in [3.05, 3.63) is 47.2 Å². The molecular weight excluding hydrogens is 450 g/mol. The van der Waals surface area contributed by atoms with Gasteiger partial charge in [0.2, 0.25) is 5.91 Å². The number of halogens is 1. The fourth-order valence-corrected chi connectivity index (χ4v) is 4.90. The lowest BCUT2D eigenvalue weighted by molar-refractivity contribution is -0.113. The molecule has 1 fully saturated rings. The molecule has 3 aromatic rings. The Morgan fingerprint density at radius 3 is 2.72 bits per heavy atom. The topological polar surface area (TPSA) is 64.7 Å². The second-order valence-corrected chi connectivity index (χ2v) is 8.97. The second-order valence-electron chi connectivity index (χ2n) is 7.11. The molecule has 29 heavy (non-hydrogen) atoms. The number of benzene rings is 1. The average molecular weight is 474 g/mol. The van der Waals surface area contributed by atoms with E-state index in [1.54, 1.807) is 6.20 Å². The Bertz CT molecular complexity index is 975. The Kier molecular flexibility index (Phi) is 6.40. The van der Waals surface area contributed by atoms with Crippen LogP contribution in [0.1, 0.15) is 38.6 Å². The Balaban J connectivity index is 1.41. The minimum absolute atomic E-state index is 0.0365. The maximum atomic E-state index is 12.5. The Hall–Kier alpha value is -2.06. The normalized spacial score (nSPS) is 14.4. The van der Waals surface area contributed by atoms with E-state index in [-0.39, 0.29) is 5.91 Å². The number of hydrogen-bond donors (Lipinski definition) is 1. The molecule has 1 N–H and O–H groups in total. The Morgan fingerprint density at radius 1 is 1.24 bits per heavy atom. The standard InChI is InChI=1S/C21H24BrN5OS/c1-2-26-18(15-7-9-16(22)10-8-15)13-23-21(26)29-14-20(28)25-19-11-12-24-27(19)17-5-3-4-6-17/h7-13,17H,2-6,14H2,1H3,(H,25,28). The molecule has 2 heterocycles. The third kappa shape index (κ3) is 4.59. The first-order valence-electron chi connectivity index (χ1n) is 9.93. The third-order valence-corrected chi connectivity index (χ3v) is 6.74. The van der Waals surface area contributed by atoms with Crippen molar-refractivity contribution in [1.29, 1.82) is 0 Å². The number of carbonyl (C=O) groups excluding carboxylic acids is 1. The molecule has 8 heteroatoms. The van der Waals surface area contributed by atoms with Gasteiger partial charge in [0, 0.05) is 17.1 Å². The van der Waals surface area contributed by atoms with Gasteiger partial charge >= 0.3 is 0 Å². The summed E-state index contributed by atoms with van der Waals surface area (Å²) in [6.07, 6.45) is 8.36. The van der Waals surface area contributed by atoms with E-state index in [9.17, 15) is 4.79 Å². The van der Waals surface area contributed by atoms with Gasteiger partial charge in [-0.3, -0.25) is 4.79 Å². The number of aromatic nitrogens is 4. The largest absolute Gasteiger partial charge is 0.319 e. The number of nitrogens with one attached hydrogen (secondary N) is 1. The van der Waals surface area contributed by atoms with Gasteiger partial charge in [0.15, 0.2) is 5.16 Å². The highest BCUT2D eigenvalue weighted by molar-refractivity contribution is 9.10. The van der Waals surface area contributed by atoms with Crippen LogP contribution in [0, 0.1) is 0 Å². The van der Waals surface area contributed by atoms with Gasteiger partial charge in [-0.2, -0.15) is 5.10 Å². The van der Waals surface area contributed by atoms with Crippen LogP contribution in [0.2, 0.25) is 0 Å².